The molecule has 2 aliphatic rings. The molecule has 3 heterocycles. The zero-order valence-electron chi connectivity index (χ0n) is 18.5. The van der Waals surface area contributed by atoms with E-state index < -0.39 is 0 Å². The van der Waals surface area contributed by atoms with E-state index in [0.717, 1.165) is 38.3 Å². The molecule has 1 atom stereocenters. The lowest BCUT2D eigenvalue weighted by atomic mass is 9.73. The van der Waals surface area contributed by atoms with Crippen LogP contribution in [0.25, 0.3) is 11.1 Å². The predicted octanol–water partition coefficient (Wildman–Crippen LogP) is 4.29. The summed E-state index contributed by atoms with van der Waals surface area (Å²) in [5, 5.41) is 5.15. The van der Waals surface area contributed by atoms with Gasteiger partial charge < -0.3 is 14.5 Å². The first-order valence-electron chi connectivity index (χ1n) is 10.5. The number of rotatable bonds is 3. The Hall–Kier alpha value is -2.71. The molecule has 0 radical (unpaired) electrons. The lowest BCUT2D eigenvalue weighted by molar-refractivity contribution is 0.0740. The summed E-state index contributed by atoms with van der Waals surface area (Å²) < 4.78 is 7.72. The summed E-state index contributed by atoms with van der Waals surface area (Å²) >= 11 is 1.51. The summed E-state index contributed by atoms with van der Waals surface area (Å²) in [7, 11) is 6.04. The maximum atomic E-state index is 13.0. The molecule has 1 aliphatic carbocycles. The lowest BCUT2D eigenvalue weighted by Gasteiger charge is -2.40. The number of hydrogen-bond donors (Lipinski definition) is 0. The molecule has 2 aromatic heterocycles. The van der Waals surface area contributed by atoms with Crippen molar-refractivity contribution < 1.29 is 9.53 Å². The zero-order valence-corrected chi connectivity index (χ0v) is 19.4. The first kappa shape index (κ1) is 20.2. The van der Waals surface area contributed by atoms with E-state index in [9.17, 15) is 4.79 Å². The van der Waals surface area contributed by atoms with E-state index in [4.69, 9.17) is 9.72 Å². The summed E-state index contributed by atoms with van der Waals surface area (Å²) in [4.78, 5) is 23.2. The first-order valence-corrected chi connectivity index (χ1v) is 11.3. The Morgan fingerprint density at radius 2 is 2.06 bits per heavy atom. The van der Waals surface area contributed by atoms with Gasteiger partial charge in [0.2, 0.25) is 0 Å². The van der Waals surface area contributed by atoms with Crippen LogP contribution in [0.1, 0.15) is 41.7 Å². The molecule has 0 saturated heterocycles. The van der Waals surface area contributed by atoms with Crippen LogP contribution in [0.2, 0.25) is 0 Å². The zero-order chi connectivity index (χ0) is 21.9. The average molecular weight is 438 g/mol. The number of hydrogen-bond acceptors (Lipinski definition) is 7. The summed E-state index contributed by atoms with van der Waals surface area (Å²) in [6.45, 7) is 5.59. The molecule has 1 unspecified atom stereocenters. The number of benzene rings is 1. The number of ether oxygens (including phenoxy) is 1. The number of thiazole rings is 1. The van der Waals surface area contributed by atoms with Gasteiger partial charge in [0.1, 0.15) is 12.4 Å². The SMILES string of the molecule is CN(C)C1c2nc(N3CCOc4ccc(-c5cnn(C)c5)cc43)sc2C(=O)CC1(C)C. The Balaban J connectivity index is 1.59. The van der Waals surface area contributed by atoms with E-state index in [1.54, 1.807) is 4.68 Å². The lowest BCUT2D eigenvalue weighted by Crippen LogP contribution is -2.39. The molecular formula is C23H27N5O2S. The number of carbonyl (C=O) groups is 1. The fraction of sp³-hybridized carbons (Fsp3) is 0.435. The Morgan fingerprint density at radius 1 is 1.26 bits per heavy atom. The van der Waals surface area contributed by atoms with Crippen LogP contribution < -0.4 is 9.64 Å². The molecule has 7 nitrogen and oxygen atoms in total. The number of Topliss-reactive ketones (excluding diaryl/α,β-unsaturated/α-hetero) is 1. The van der Waals surface area contributed by atoms with Crippen LogP contribution in [0.15, 0.2) is 30.6 Å². The van der Waals surface area contributed by atoms with Crippen LogP contribution in [0.3, 0.4) is 0 Å². The van der Waals surface area contributed by atoms with Crippen molar-refractivity contribution in [3.63, 3.8) is 0 Å². The number of carbonyl (C=O) groups excluding carboxylic acids is 1. The van der Waals surface area contributed by atoms with Gasteiger partial charge in [-0.2, -0.15) is 5.10 Å². The largest absolute Gasteiger partial charge is 0.490 e. The van der Waals surface area contributed by atoms with Gasteiger partial charge in [0.05, 0.1) is 35.0 Å². The average Bonchev–Trinajstić information content (AvgIpc) is 3.33. The Bertz CT molecular complexity index is 1160. The summed E-state index contributed by atoms with van der Waals surface area (Å²) in [6.07, 6.45) is 4.40. The second kappa shape index (κ2) is 7.17. The Kier molecular flexibility index (Phi) is 4.67. The van der Waals surface area contributed by atoms with E-state index in [1.165, 1.54) is 11.3 Å². The number of aryl methyl sites for hydroxylation is 1. The smallest absolute Gasteiger partial charge is 0.191 e. The van der Waals surface area contributed by atoms with Crippen LogP contribution in [0.4, 0.5) is 10.8 Å². The van der Waals surface area contributed by atoms with Gasteiger partial charge in [0.25, 0.3) is 0 Å². The second-order valence-electron chi connectivity index (χ2n) is 9.25. The van der Waals surface area contributed by atoms with E-state index >= 15 is 0 Å². The van der Waals surface area contributed by atoms with Crippen molar-refractivity contribution in [3.05, 3.63) is 41.2 Å². The van der Waals surface area contributed by atoms with Gasteiger partial charge in [0, 0.05) is 25.2 Å². The molecule has 0 bridgehead atoms. The van der Waals surface area contributed by atoms with Gasteiger partial charge in [-0.15, -0.1) is 0 Å². The van der Waals surface area contributed by atoms with Crippen molar-refractivity contribution in [2.45, 2.75) is 26.3 Å². The number of fused-ring (bicyclic) bond motifs is 2. The molecule has 31 heavy (non-hydrogen) atoms. The minimum Gasteiger partial charge on any atom is -0.490 e. The second-order valence-corrected chi connectivity index (χ2v) is 10.2. The molecule has 0 N–H and O–H groups in total. The van der Waals surface area contributed by atoms with Crippen LogP contribution in [-0.4, -0.2) is 52.7 Å². The number of ketones is 1. The van der Waals surface area contributed by atoms with Gasteiger partial charge in [0.15, 0.2) is 10.9 Å². The third-order valence-electron chi connectivity index (χ3n) is 6.12. The van der Waals surface area contributed by atoms with E-state index in [2.05, 4.69) is 55.0 Å². The highest BCUT2D eigenvalue weighted by Crippen LogP contribution is 2.50. The summed E-state index contributed by atoms with van der Waals surface area (Å²) in [5.74, 6) is 1.03. The van der Waals surface area contributed by atoms with Crippen molar-refractivity contribution in [1.82, 2.24) is 19.7 Å². The van der Waals surface area contributed by atoms with Crippen LogP contribution in [0.5, 0.6) is 5.75 Å². The fourth-order valence-corrected chi connectivity index (χ4v) is 5.97. The van der Waals surface area contributed by atoms with Crippen LogP contribution in [0, 0.1) is 5.41 Å². The standard InChI is InChI=1S/C23H27N5O2S/c1-23(2)11-17(29)20-19(21(23)26(3)4)25-22(31-20)28-8-9-30-18-7-6-14(10-16(18)28)15-12-24-27(5)13-15/h6-7,10,12-13,21H,8-9,11H2,1-5H3. The van der Waals surface area contributed by atoms with Crippen molar-refractivity contribution in [1.29, 1.82) is 0 Å². The number of anilines is 2. The molecule has 1 aromatic carbocycles. The van der Waals surface area contributed by atoms with Gasteiger partial charge in [-0.1, -0.05) is 31.3 Å². The highest BCUT2D eigenvalue weighted by molar-refractivity contribution is 7.17. The fourth-order valence-electron chi connectivity index (χ4n) is 4.89. The monoisotopic (exact) mass is 437 g/mol. The van der Waals surface area contributed by atoms with Crippen molar-refractivity contribution in [3.8, 4) is 16.9 Å². The van der Waals surface area contributed by atoms with Gasteiger partial charge in [-0.25, -0.2) is 4.98 Å². The highest BCUT2D eigenvalue weighted by atomic mass is 32.1. The quantitative estimate of drug-likeness (QED) is 0.609. The maximum Gasteiger partial charge on any atom is 0.191 e. The molecule has 162 valence electrons. The first-order chi connectivity index (χ1) is 14.7. The van der Waals surface area contributed by atoms with Gasteiger partial charge >= 0.3 is 0 Å². The molecule has 5 rings (SSSR count). The third-order valence-corrected chi connectivity index (χ3v) is 7.25. The molecule has 0 spiro atoms. The van der Waals surface area contributed by atoms with Gasteiger partial charge in [-0.3, -0.25) is 9.48 Å². The molecular weight excluding hydrogens is 410 g/mol. The highest BCUT2D eigenvalue weighted by Gasteiger charge is 2.44. The minimum absolute atomic E-state index is 0.104. The molecule has 8 heteroatoms. The predicted molar refractivity (Wildman–Crippen MR) is 122 cm³/mol. The van der Waals surface area contributed by atoms with E-state index in [0.29, 0.717) is 19.6 Å². The normalized spacial score (nSPS) is 19.9. The van der Waals surface area contributed by atoms with E-state index in [-0.39, 0.29) is 17.2 Å². The molecule has 0 saturated carbocycles. The third kappa shape index (κ3) is 3.34. The topological polar surface area (TPSA) is 63.5 Å². The summed E-state index contributed by atoms with van der Waals surface area (Å²) in [5.41, 5.74) is 3.86. The number of nitrogens with zero attached hydrogens (tertiary/aromatic N) is 5. The maximum absolute atomic E-state index is 13.0. The molecule has 3 aromatic rings. The number of aromatic nitrogens is 3. The molecule has 0 fully saturated rings. The van der Waals surface area contributed by atoms with E-state index in [1.807, 2.05) is 25.5 Å². The van der Waals surface area contributed by atoms with Crippen molar-refractivity contribution >= 4 is 27.9 Å². The Morgan fingerprint density at radius 3 is 2.77 bits per heavy atom. The Labute approximate surface area is 186 Å². The molecule has 0 amide bonds. The van der Waals surface area contributed by atoms with Crippen molar-refractivity contribution in [2.24, 2.45) is 12.5 Å². The van der Waals surface area contributed by atoms with Gasteiger partial charge in [-0.05, 0) is 37.2 Å². The minimum atomic E-state index is -0.157. The van der Waals surface area contributed by atoms with Crippen LogP contribution in [-0.2, 0) is 7.05 Å². The summed E-state index contributed by atoms with van der Waals surface area (Å²) in [6, 6.07) is 6.29. The molecule has 1 aliphatic heterocycles. The van der Waals surface area contributed by atoms with Crippen LogP contribution >= 0.6 is 11.3 Å². The van der Waals surface area contributed by atoms with Crippen molar-refractivity contribution in [2.75, 3.05) is 32.1 Å².